The van der Waals surface area contributed by atoms with Crippen molar-refractivity contribution in [3.05, 3.63) is 27.7 Å². The molecule has 2 fully saturated rings. The number of phenolic OH excluding ortho intramolecular Hbond substituents is 1. The number of aromatic hydroxyl groups is 1. The first kappa shape index (κ1) is 15.4. The highest BCUT2D eigenvalue weighted by atomic mass is 35.5. The molecule has 116 valence electrons. The van der Waals surface area contributed by atoms with E-state index >= 15 is 0 Å². The number of piperidine rings is 1. The van der Waals surface area contributed by atoms with Gasteiger partial charge in [-0.15, -0.1) is 0 Å². The molecule has 1 aromatic carbocycles. The van der Waals surface area contributed by atoms with Crippen LogP contribution in [0.4, 0.5) is 0 Å². The maximum absolute atomic E-state index is 10.2. The Labute approximate surface area is 136 Å². The highest BCUT2D eigenvalue weighted by Gasteiger charge is 2.31. The molecule has 2 aliphatic heterocycles. The fraction of sp³-hybridized carbons (Fsp3) is 0.625. The first-order valence-electron chi connectivity index (χ1n) is 7.79. The Morgan fingerprint density at radius 1 is 1.19 bits per heavy atom. The number of hydrogen-bond acceptors (Lipinski definition) is 3. The van der Waals surface area contributed by atoms with Gasteiger partial charge in [-0.2, -0.15) is 0 Å². The van der Waals surface area contributed by atoms with Crippen molar-refractivity contribution >= 4 is 23.2 Å². The second kappa shape index (κ2) is 6.74. The van der Waals surface area contributed by atoms with Crippen LogP contribution in [-0.2, 0) is 6.54 Å². The minimum absolute atomic E-state index is 0.171. The summed E-state index contributed by atoms with van der Waals surface area (Å²) in [5, 5.41) is 14.7. The van der Waals surface area contributed by atoms with Crippen molar-refractivity contribution < 1.29 is 5.11 Å². The molecule has 0 bridgehead atoms. The maximum Gasteiger partial charge on any atom is 0.138 e. The Balaban J connectivity index is 1.78. The van der Waals surface area contributed by atoms with Gasteiger partial charge in [0, 0.05) is 29.2 Å². The summed E-state index contributed by atoms with van der Waals surface area (Å²) in [5.74, 6) is 0.171. The van der Waals surface area contributed by atoms with E-state index in [1.54, 1.807) is 6.07 Å². The first-order chi connectivity index (χ1) is 10.1. The quantitative estimate of drug-likeness (QED) is 0.885. The van der Waals surface area contributed by atoms with Gasteiger partial charge >= 0.3 is 0 Å². The predicted octanol–water partition coefficient (Wildman–Crippen LogP) is 3.81. The van der Waals surface area contributed by atoms with Crippen LogP contribution in [0, 0.1) is 0 Å². The van der Waals surface area contributed by atoms with E-state index in [2.05, 4.69) is 10.2 Å². The van der Waals surface area contributed by atoms with Crippen LogP contribution in [0.3, 0.4) is 0 Å². The highest BCUT2D eigenvalue weighted by molar-refractivity contribution is 6.35. The monoisotopic (exact) mass is 328 g/mol. The molecule has 1 aromatic rings. The van der Waals surface area contributed by atoms with E-state index in [-0.39, 0.29) is 5.75 Å². The molecule has 2 N–H and O–H groups in total. The summed E-state index contributed by atoms with van der Waals surface area (Å²) in [6, 6.07) is 4.56. The van der Waals surface area contributed by atoms with Crippen LogP contribution < -0.4 is 5.32 Å². The molecule has 0 aliphatic carbocycles. The number of halogens is 2. The number of phenols is 1. The van der Waals surface area contributed by atoms with Crippen molar-refractivity contribution in [1.29, 1.82) is 0 Å². The average Bonchev–Trinajstić information content (AvgIpc) is 2.99. The molecule has 21 heavy (non-hydrogen) atoms. The second-order valence-electron chi connectivity index (χ2n) is 6.13. The Morgan fingerprint density at radius 3 is 2.81 bits per heavy atom. The van der Waals surface area contributed by atoms with E-state index in [0.29, 0.717) is 22.1 Å². The van der Waals surface area contributed by atoms with Crippen LogP contribution in [-0.4, -0.2) is 35.2 Å². The predicted molar refractivity (Wildman–Crippen MR) is 87.2 cm³/mol. The Kier molecular flexibility index (Phi) is 4.95. The topological polar surface area (TPSA) is 35.5 Å². The fourth-order valence-corrected chi connectivity index (χ4v) is 4.20. The lowest BCUT2D eigenvalue weighted by molar-refractivity contribution is 0.111. The minimum Gasteiger partial charge on any atom is -0.506 e. The molecule has 3 rings (SSSR count). The third-order valence-electron chi connectivity index (χ3n) is 4.71. The number of hydrogen-bond donors (Lipinski definition) is 2. The van der Waals surface area contributed by atoms with E-state index in [1.165, 1.54) is 32.1 Å². The summed E-state index contributed by atoms with van der Waals surface area (Å²) in [6.07, 6.45) is 6.26. The van der Waals surface area contributed by atoms with Crippen molar-refractivity contribution in [2.24, 2.45) is 0 Å². The first-order valence-corrected chi connectivity index (χ1v) is 8.55. The summed E-state index contributed by atoms with van der Waals surface area (Å²) in [5.41, 5.74) is 0.831. The van der Waals surface area contributed by atoms with Gasteiger partial charge in [-0.25, -0.2) is 0 Å². The standard InChI is InChI=1S/C16H22Cl2N2O/c17-12-8-11(16(21)13(18)9-12)10-20-7-2-1-5-15(20)14-4-3-6-19-14/h8-9,14-15,19,21H,1-7,10H2. The van der Waals surface area contributed by atoms with Gasteiger partial charge in [-0.05, 0) is 50.9 Å². The molecule has 0 spiro atoms. The zero-order valence-corrected chi connectivity index (χ0v) is 13.6. The summed E-state index contributed by atoms with van der Waals surface area (Å²) >= 11 is 12.1. The van der Waals surface area contributed by atoms with Gasteiger partial charge in [0.25, 0.3) is 0 Å². The van der Waals surface area contributed by atoms with E-state index in [1.807, 2.05) is 6.07 Å². The molecule has 2 saturated heterocycles. The largest absolute Gasteiger partial charge is 0.506 e. The summed E-state index contributed by atoms with van der Waals surface area (Å²) in [7, 11) is 0. The van der Waals surface area contributed by atoms with Crippen molar-refractivity contribution in [2.75, 3.05) is 13.1 Å². The molecule has 0 amide bonds. The highest BCUT2D eigenvalue weighted by Crippen LogP contribution is 2.34. The van der Waals surface area contributed by atoms with Crippen molar-refractivity contribution in [3.8, 4) is 5.75 Å². The zero-order chi connectivity index (χ0) is 14.8. The van der Waals surface area contributed by atoms with E-state index in [9.17, 15) is 5.11 Å². The molecular formula is C16H22Cl2N2O. The molecule has 0 aromatic heterocycles. The van der Waals surface area contributed by atoms with Crippen LogP contribution in [0.5, 0.6) is 5.75 Å². The van der Waals surface area contributed by atoms with Gasteiger partial charge in [0.05, 0.1) is 5.02 Å². The van der Waals surface area contributed by atoms with E-state index in [0.717, 1.165) is 25.2 Å². The van der Waals surface area contributed by atoms with Gasteiger partial charge in [0.15, 0.2) is 0 Å². The summed E-state index contributed by atoms with van der Waals surface area (Å²) in [6.45, 7) is 2.92. The molecular weight excluding hydrogens is 307 g/mol. The number of rotatable bonds is 3. The number of nitrogens with zero attached hydrogens (tertiary/aromatic N) is 1. The number of nitrogens with one attached hydrogen (secondary N) is 1. The molecule has 2 heterocycles. The molecule has 2 unspecified atom stereocenters. The maximum atomic E-state index is 10.2. The lowest BCUT2D eigenvalue weighted by Crippen LogP contribution is -2.49. The molecule has 2 atom stereocenters. The minimum atomic E-state index is 0.171. The molecule has 0 radical (unpaired) electrons. The Bertz CT molecular complexity index is 503. The normalized spacial score (nSPS) is 27.1. The van der Waals surface area contributed by atoms with Gasteiger partial charge in [0.2, 0.25) is 0 Å². The van der Waals surface area contributed by atoms with Gasteiger partial charge in [-0.3, -0.25) is 4.90 Å². The second-order valence-corrected chi connectivity index (χ2v) is 6.98. The van der Waals surface area contributed by atoms with Crippen LogP contribution in [0.15, 0.2) is 12.1 Å². The molecule has 5 heteroatoms. The zero-order valence-electron chi connectivity index (χ0n) is 12.1. The lowest BCUT2D eigenvalue weighted by atomic mass is 9.94. The van der Waals surface area contributed by atoms with E-state index < -0.39 is 0 Å². The van der Waals surface area contributed by atoms with Crippen LogP contribution in [0.1, 0.15) is 37.7 Å². The van der Waals surface area contributed by atoms with Crippen molar-refractivity contribution in [2.45, 2.75) is 50.7 Å². The van der Waals surface area contributed by atoms with Gasteiger partial charge < -0.3 is 10.4 Å². The van der Waals surface area contributed by atoms with Crippen molar-refractivity contribution in [1.82, 2.24) is 10.2 Å². The Morgan fingerprint density at radius 2 is 2.05 bits per heavy atom. The fourth-order valence-electron chi connectivity index (χ4n) is 3.67. The Hall–Kier alpha value is -0.480. The third kappa shape index (κ3) is 3.48. The summed E-state index contributed by atoms with van der Waals surface area (Å²) < 4.78 is 0. The molecule has 3 nitrogen and oxygen atoms in total. The summed E-state index contributed by atoms with van der Waals surface area (Å²) in [4.78, 5) is 2.48. The average molecular weight is 329 g/mol. The van der Waals surface area contributed by atoms with Crippen LogP contribution in [0.2, 0.25) is 10.0 Å². The van der Waals surface area contributed by atoms with Gasteiger partial charge in [-0.1, -0.05) is 29.6 Å². The van der Waals surface area contributed by atoms with Crippen molar-refractivity contribution in [3.63, 3.8) is 0 Å². The SMILES string of the molecule is Oc1c(Cl)cc(Cl)cc1CN1CCCCC1C1CCCN1. The molecule has 0 saturated carbocycles. The van der Waals surface area contributed by atoms with E-state index in [4.69, 9.17) is 23.2 Å². The van der Waals surface area contributed by atoms with Crippen LogP contribution in [0.25, 0.3) is 0 Å². The van der Waals surface area contributed by atoms with Gasteiger partial charge in [0.1, 0.15) is 5.75 Å². The molecule has 2 aliphatic rings. The lowest BCUT2D eigenvalue weighted by Gasteiger charge is -2.39. The third-order valence-corrected chi connectivity index (χ3v) is 5.21. The number of benzene rings is 1. The van der Waals surface area contributed by atoms with Crippen LogP contribution >= 0.6 is 23.2 Å². The smallest absolute Gasteiger partial charge is 0.138 e. The number of likely N-dealkylation sites (tertiary alicyclic amines) is 1.